The van der Waals surface area contributed by atoms with E-state index in [-0.39, 0.29) is 6.10 Å². The minimum atomic E-state index is 0.203. The van der Waals surface area contributed by atoms with Crippen molar-refractivity contribution in [3.63, 3.8) is 0 Å². The van der Waals surface area contributed by atoms with Gasteiger partial charge in [0.25, 0.3) is 0 Å². The molecule has 28 heavy (non-hydrogen) atoms. The molecule has 2 atom stereocenters. The van der Waals surface area contributed by atoms with Gasteiger partial charge in [0.05, 0.1) is 18.5 Å². The fourth-order valence-corrected chi connectivity index (χ4v) is 3.75. The Morgan fingerprint density at radius 3 is 2.75 bits per heavy atom. The first-order valence-electron chi connectivity index (χ1n) is 10.3. The van der Waals surface area contributed by atoms with Crippen molar-refractivity contribution in [1.29, 1.82) is 0 Å². The van der Waals surface area contributed by atoms with Gasteiger partial charge in [0.2, 0.25) is 0 Å². The monoisotopic (exact) mass is 383 g/mol. The van der Waals surface area contributed by atoms with E-state index in [2.05, 4.69) is 50.0 Å². The first kappa shape index (κ1) is 20.2. The van der Waals surface area contributed by atoms with E-state index in [1.54, 1.807) is 0 Å². The van der Waals surface area contributed by atoms with Gasteiger partial charge in [0.15, 0.2) is 5.96 Å². The molecule has 0 radical (unpaired) electrons. The Morgan fingerprint density at radius 1 is 1.32 bits per heavy atom. The number of aromatic nitrogens is 2. The highest BCUT2D eigenvalue weighted by atomic mass is 16.5. The summed E-state index contributed by atoms with van der Waals surface area (Å²) in [5, 5.41) is 3.53. The molecule has 2 heterocycles. The quantitative estimate of drug-likeness (QED) is 0.614. The Kier molecular flexibility index (Phi) is 6.95. The number of aliphatic imine (C=N–C) groups is 1. The lowest BCUT2D eigenvalue weighted by Crippen LogP contribution is -2.49. The van der Waals surface area contributed by atoms with E-state index in [4.69, 9.17) is 4.74 Å². The molecular formula is C22H33N5O. The zero-order valence-corrected chi connectivity index (χ0v) is 17.5. The molecule has 0 spiro atoms. The van der Waals surface area contributed by atoms with Gasteiger partial charge in [-0.15, -0.1) is 0 Å². The predicted octanol–water partition coefficient (Wildman–Crippen LogP) is 3.37. The Balaban J connectivity index is 1.51. The van der Waals surface area contributed by atoms with Crippen LogP contribution in [0.5, 0.6) is 5.75 Å². The number of ether oxygens (including phenoxy) is 1. The molecule has 1 aromatic carbocycles. The molecule has 1 saturated heterocycles. The number of likely N-dealkylation sites (tertiary alicyclic amines) is 1. The predicted molar refractivity (Wildman–Crippen MR) is 114 cm³/mol. The summed E-state index contributed by atoms with van der Waals surface area (Å²) in [4.78, 5) is 11.1. The van der Waals surface area contributed by atoms with Crippen LogP contribution in [0, 0.1) is 5.92 Å². The van der Waals surface area contributed by atoms with Crippen LogP contribution in [0.4, 0.5) is 0 Å². The second-order valence-electron chi connectivity index (χ2n) is 7.82. The lowest BCUT2D eigenvalue weighted by molar-refractivity contribution is 0.189. The van der Waals surface area contributed by atoms with Crippen molar-refractivity contribution >= 4 is 5.96 Å². The van der Waals surface area contributed by atoms with Crippen LogP contribution in [-0.2, 0) is 6.42 Å². The van der Waals surface area contributed by atoms with Gasteiger partial charge in [-0.1, -0.05) is 19.1 Å². The summed E-state index contributed by atoms with van der Waals surface area (Å²) in [7, 11) is 1.87. The Morgan fingerprint density at radius 2 is 2.11 bits per heavy atom. The summed E-state index contributed by atoms with van der Waals surface area (Å²) in [6.45, 7) is 9.26. The highest BCUT2D eigenvalue weighted by molar-refractivity contribution is 5.80. The number of guanidine groups is 1. The third-order valence-electron chi connectivity index (χ3n) is 5.33. The summed E-state index contributed by atoms with van der Waals surface area (Å²) < 4.78 is 7.94. The summed E-state index contributed by atoms with van der Waals surface area (Å²) in [5.74, 6) is 2.54. The first-order chi connectivity index (χ1) is 13.6. The third-order valence-corrected chi connectivity index (χ3v) is 5.33. The molecule has 0 amide bonds. The molecule has 0 aliphatic carbocycles. The average molecular weight is 384 g/mol. The number of hydrogen-bond acceptors (Lipinski definition) is 3. The highest BCUT2D eigenvalue weighted by Gasteiger charge is 2.28. The number of nitrogens with one attached hydrogen (secondary N) is 1. The van der Waals surface area contributed by atoms with E-state index in [1.807, 2.05) is 45.6 Å². The lowest BCUT2D eigenvalue weighted by Gasteiger charge is -2.39. The minimum Gasteiger partial charge on any atom is -0.491 e. The number of hydrogen-bond donors (Lipinski definition) is 1. The summed E-state index contributed by atoms with van der Waals surface area (Å²) in [6.07, 6.45) is 8.16. The molecule has 0 saturated carbocycles. The van der Waals surface area contributed by atoms with Gasteiger partial charge < -0.3 is 19.5 Å². The second kappa shape index (κ2) is 9.62. The van der Waals surface area contributed by atoms with Crippen molar-refractivity contribution in [2.45, 2.75) is 45.8 Å². The van der Waals surface area contributed by atoms with Crippen molar-refractivity contribution in [2.75, 3.05) is 26.7 Å². The molecule has 1 N–H and O–H groups in total. The van der Waals surface area contributed by atoms with Crippen molar-refractivity contribution in [3.05, 3.63) is 48.5 Å². The van der Waals surface area contributed by atoms with Crippen LogP contribution in [0.1, 0.15) is 38.8 Å². The van der Waals surface area contributed by atoms with Gasteiger partial charge in [0.1, 0.15) is 5.75 Å². The van der Waals surface area contributed by atoms with Crippen molar-refractivity contribution in [3.8, 4) is 5.75 Å². The largest absolute Gasteiger partial charge is 0.491 e. The molecule has 1 fully saturated rings. The van der Waals surface area contributed by atoms with Crippen LogP contribution in [-0.4, -0.2) is 53.2 Å². The summed E-state index contributed by atoms with van der Waals surface area (Å²) in [6, 6.07) is 8.81. The van der Waals surface area contributed by atoms with Gasteiger partial charge in [-0.3, -0.25) is 4.99 Å². The number of imidazole rings is 1. The SMILES string of the molecule is CN=C(NCCc1ccc(OC(C)C)cc1)N1CCC(C)C(n2ccnc2)C1. The maximum absolute atomic E-state index is 5.71. The molecule has 0 bridgehead atoms. The highest BCUT2D eigenvalue weighted by Crippen LogP contribution is 2.27. The number of rotatable bonds is 6. The number of nitrogens with zero attached hydrogens (tertiary/aromatic N) is 4. The number of benzene rings is 1. The molecule has 1 aliphatic rings. The second-order valence-corrected chi connectivity index (χ2v) is 7.82. The summed E-state index contributed by atoms with van der Waals surface area (Å²) >= 11 is 0. The van der Waals surface area contributed by atoms with Crippen LogP contribution < -0.4 is 10.1 Å². The van der Waals surface area contributed by atoms with Gasteiger partial charge in [-0.2, -0.15) is 0 Å². The van der Waals surface area contributed by atoms with Crippen LogP contribution in [0.3, 0.4) is 0 Å². The van der Waals surface area contributed by atoms with Gasteiger partial charge in [-0.05, 0) is 50.3 Å². The molecule has 152 valence electrons. The van der Waals surface area contributed by atoms with E-state index in [9.17, 15) is 0 Å². The minimum absolute atomic E-state index is 0.203. The van der Waals surface area contributed by atoms with Crippen molar-refractivity contribution in [2.24, 2.45) is 10.9 Å². The van der Waals surface area contributed by atoms with Crippen molar-refractivity contribution < 1.29 is 4.74 Å². The van der Waals surface area contributed by atoms with E-state index in [0.717, 1.165) is 44.2 Å². The third kappa shape index (κ3) is 5.27. The Labute approximate surface area is 168 Å². The van der Waals surface area contributed by atoms with Gasteiger partial charge in [-0.25, -0.2) is 4.98 Å². The average Bonchev–Trinajstić information content (AvgIpc) is 3.21. The van der Waals surface area contributed by atoms with E-state index >= 15 is 0 Å². The van der Waals surface area contributed by atoms with Crippen molar-refractivity contribution in [1.82, 2.24) is 19.8 Å². The summed E-state index contributed by atoms with van der Waals surface area (Å²) in [5.41, 5.74) is 1.29. The van der Waals surface area contributed by atoms with Crippen LogP contribution in [0.15, 0.2) is 48.0 Å². The van der Waals surface area contributed by atoms with Crippen LogP contribution in [0.25, 0.3) is 0 Å². The molecule has 2 aromatic rings. The zero-order valence-electron chi connectivity index (χ0n) is 17.5. The van der Waals surface area contributed by atoms with E-state index < -0.39 is 0 Å². The molecular weight excluding hydrogens is 350 g/mol. The number of piperidine rings is 1. The normalized spacial score (nSPS) is 20.5. The van der Waals surface area contributed by atoms with E-state index in [0.29, 0.717) is 12.0 Å². The lowest BCUT2D eigenvalue weighted by atomic mass is 9.93. The first-order valence-corrected chi connectivity index (χ1v) is 10.3. The van der Waals surface area contributed by atoms with Crippen LogP contribution >= 0.6 is 0 Å². The maximum atomic E-state index is 5.71. The van der Waals surface area contributed by atoms with Gasteiger partial charge >= 0.3 is 0 Å². The maximum Gasteiger partial charge on any atom is 0.193 e. The van der Waals surface area contributed by atoms with Gasteiger partial charge in [0, 0.05) is 39.1 Å². The standard InChI is InChI=1S/C22H33N5O/c1-17(2)28-20-7-5-19(6-8-20)9-11-25-22(23-4)26-13-10-18(3)21(15-26)27-14-12-24-16-27/h5-8,12,14,16-18,21H,9-11,13,15H2,1-4H3,(H,23,25). The van der Waals surface area contributed by atoms with E-state index in [1.165, 1.54) is 5.56 Å². The fourth-order valence-electron chi connectivity index (χ4n) is 3.75. The molecule has 3 rings (SSSR count). The molecule has 6 nitrogen and oxygen atoms in total. The van der Waals surface area contributed by atoms with Crippen LogP contribution in [0.2, 0.25) is 0 Å². The molecule has 1 aliphatic heterocycles. The molecule has 2 unspecified atom stereocenters. The molecule has 1 aromatic heterocycles. The smallest absolute Gasteiger partial charge is 0.193 e. The Bertz CT molecular complexity index is 739. The molecule has 6 heteroatoms. The fraction of sp³-hybridized carbons (Fsp3) is 0.545. The topological polar surface area (TPSA) is 54.7 Å². The zero-order chi connectivity index (χ0) is 19.9. The Hall–Kier alpha value is -2.50.